The number of hydrogen-bond acceptors (Lipinski definition) is 3. The van der Waals surface area contributed by atoms with Crippen LogP contribution in [0.1, 0.15) is 40.0 Å². The van der Waals surface area contributed by atoms with Gasteiger partial charge in [0, 0.05) is 0 Å². The molecule has 0 spiro atoms. The van der Waals surface area contributed by atoms with Gasteiger partial charge in [-0.05, 0) is 19.9 Å². The van der Waals surface area contributed by atoms with Crippen molar-refractivity contribution in [3.05, 3.63) is 0 Å². The van der Waals surface area contributed by atoms with Crippen molar-refractivity contribution in [2.24, 2.45) is 0 Å². The number of hydrogen-bond donors (Lipinski definition) is 1. The molecule has 1 aliphatic heterocycles. The molecule has 3 unspecified atom stereocenters. The second kappa shape index (κ2) is 7.20. The maximum atomic E-state index is 5.99. The molecule has 3 nitrogen and oxygen atoms in total. The van der Waals surface area contributed by atoms with Gasteiger partial charge in [-0.1, -0.05) is 26.7 Å². The van der Waals surface area contributed by atoms with E-state index in [9.17, 15) is 0 Å². The zero-order chi connectivity index (χ0) is 11.1. The maximum absolute atomic E-state index is 5.99. The van der Waals surface area contributed by atoms with Gasteiger partial charge in [0.15, 0.2) is 0 Å². The molecule has 90 valence electrons. The fourth-order valence-electron chi connectivity index (χ4n) is 1.98. The zero-order valence-corrected chi connectivity index (χ0v) is 10.3. The van der Waals surface area contributed by atoms with E-state index in [0.717, 1.165) is 26.2 Å². The molecule has 0 radical (unpaired) electrons. The summed E-state index contributed by atoms with van der Waals surface area (Å²) >= 11 is 0. The highest BCUT2D eigenvalue weighted by atomic mass is 16.6. The first-order valence-electron chi connectivity index (χ1n) is 6.24. The lowest BCUT2D eigenvalue weighted by atomic mass is 10.1. The van der Waals surface area contributed by atoms with E-state index < -0.39 is 0 Å². The summed E-state index contributed by atoms with van der Waals surface area (Å²) in [5.41, 5.74) is 0. The maximum Gasteiger partial charge on any atom is 0.0987 e. The molecule has 0 aromatic rings. The minimum atomic E-state index is 0.247. The smallest absolute Gasteiger partial charge is 0.0987 e. The summed E-state index contributed by atoms with van der Waals surface area (Å²) in [5.74, 6) is 0. The number of nitrogens with one attached hydrogen (secondary N) is 1. The molecule has 1 saturated heterocycles. The molecule has 0 aliphatic carbocycles. The normalized spacial score (nSPS) is 28.2. The molecule has 3 heteroatoms. The van der Waals surface area contributed by atoms with Crippen molar-refractivity contribution in [3.63, 3.8) is 0 Å². The minimum Gasteiger partial charge on any atom is -0.377 e. The first-order valence-corrected chi connectivity index (χ1v) is 6.24. The summed E-state index contributed by atoms with van der Waals surface area (Å²) in [6.07, 6.45) is 4.26. The second-order valence-electron chi connectivity index (χ2n) is 4.33. The average molecular weight is 215 g/mol. The van der Waals surface area contributed by atoms with Crippen molar-refractivity contribution in [3.8, 4) is 0 Å². The van der Waals surface area contributed by atoms with Gasteiger partial charge < -0.3 is 14.8 Å². The molecule has 0 aromatic heterocycles. The van der Waals surface area contributed by atoms with Crippen molar-refractivity contribution >= 4 is 0 Å². The molecular formula is C12H25NO2. The van der Waals surface area contributed by atoms with Gasteiger partial charge in [-0.2, -0.15) is 0 Å². The zero-order valence-electron chi connectivity index (χ0n) is 10.3. The van der Waals surface area contributed by atoms with Crippen LogP contribution in [0.3, 0.4) is 0 Å². The average Bonchev–Trinajstić information content (AvgIpc) is 2.63. The lowest BCUT2D eigenvalue weighted by Gasteiger charge is -2.23. The van der Waals surface area contributed by atoms with Crippen LogP contribution in [0.25, 0.3) is 0 Å². The SMILES string of the molecule is CCCCC(C)OC1COCC1NCC. The second-order valence-corrected chi connectivity index (χ2v) is 4.33. The molecule has 1 heterocycles. The van der Waals surface area contributed by atoms with Crippen LogP contribution in [0.5, 0.6) is 0 Å². The summed E-state index contributed by atoms with van der Waals surface area (Å²) in [7, 11) is 0. The highest BCUT2D eigenvalue weighted by Crippen LogP contribution is 2.14. The molecule has 1 N–H and O–H groups in total. The highest BCUT2D eigenvalue weighted by Gasteiger charge is 2.29. The Balaban J connectivity index is 2.23. The van der Waals surface area contributed by atoms with Gasteiger partial charge in [-0.3, -0.25) is 0 Å². The van der Waals surface area contributed by atoms with Crippen LogP contribution in [-0.4, -0.2) is 38.0 Å². The predicted molar refractivity (Wildman–Crippen MR) is 62.1 cm³/mol. The van der Waals surface area contributed by atoms with Crippen molar-refractivity contribution < 1.29 is 9.47 Å². The minimum absolute atomic E-state index is 0.247. The molecule has 1 rings (SSSR count). The topological polar surface area (TPSA) is 30.5 Å². The number of unbranched alkanes of at least 4 members (excludes halogenated alkanes) is 1. The van der Waals surface area contributed by atoms with E-state index in [1.165, 1.54) is 12.8 Å². The van der Waals surface area contributed by atoms with Crippen molar-refractivity contribution in [2.75, 3.05) is 19.8 Å². The van der Waals surface area contributed by atoms with Crippen LogP contribution in [0, 0.1) is 0 Å². The third-order valence-electron chi connectivity index (χ3n) is 2.87. The molecular weight excluding hydrogens is 190 g/mol. The number of rotatable bonds is 7. The van der Waals surface area contributed by atoms with Gasteiger partial charge in [0.1, 0.15) is 0 Å². The third kappa shape index (κ3) is 4.49. The van der Waals surface area contributed by atoms with Gasteiger partial charge in [-0.15, -0.1) is 0 Å². The summed E-state index contributed by atoms with van der Waals surface area (Å²) in [6, 6.07) is 0.388. The Hall–Kier alpha value is -0.120. The van der Waals surface area contributed by atoms with Gasteiger partial charge >= 0.3 is 0 Å². The third-order valence-corrected chi connectivity index (χ3v) is 2.87. The van der Waals surface area contributed by atoms with Crippen LogP contribution in [0.15, 0.2) is 0 Å². The molecule has 0 amide bonds. The van der Waals surface area contributed by atoms with Crippen LogP contribution >= 0.6 is 0 Å². The Labute approximate surface area is 93.5 Å². The molecule has 0 aromatic carbocycles. The molecule has 1 fully saturated rings. The van der Waals surface area contributed by atoms with Crippen molar-refractivity contribution in [2.45, 2.75) is 58.3 Å². The highest BCUT2D eigenvalue weighted by molar-refractivity contribution is 4.82. The number of likely N-dealkylation sites (N-methyl/N-ethyl adjacent to an activating group) is 1. The first kappa shape index (κ1) is 12.9. The van der Waals surface area contributed by atoms with E-state index in [4.69, 9.17) is 9.47 Å². The van der Waals surface area contributed by atoms with E-state index in [2.05, 4.69) is 26.1 Å². The van der Waals surface area contributed by atoms with E-state index >= 15 is 0 Å². The van der Waals surface area contributed by atoms with Crippen LogP contribution in [-0.2, 0) is 9.47 Å². The van der Waals surface area contributed by atoms with Gasteiger partial charge in [0.05, 0.1) is 31.5 Å². The lowest BCUT2D eigenvalue weighted by Crippen LogP contribution is -2.41. The van der Waals surface area contributed by atoms with Crippen LogP contribution in [0.2, 0.25) is 0 Å². The van der Waals surface area contributed by atoms with Crippen molar-refractivity contribution in [1.82, 2.24) is 5.32 Å². The predicted octanol–water partition coefficient (Wildman–Crippen LogP) is 1.96. The van der Waals surface area contributed by atoms with Gasteiger partial charge in [0.2, 0.25) is 0 Å². The standard InChI is InChI=1S/C12H25NO2/c1-4-6-7-10(3)15-12-9-14-8-11(12)13-5-2/h10-13H,4-9H2,1-3H3. The summed E-state index contributed by atoms with van der Waals surface area (Å²) < 4.78 is 11.4. The summed E-state index contributed by atoms with van der Waals surface area (Å²) in [5, 5.41) is 3.41. The lowest BCUT2D eigenvalue weighted by molar-refractivity contribution is -0.0193. The molecule has 0 bridgehead atoms. The fourth-order valence-corrected chi connectivity index (χ4v) is 1.98. The van der Waals surface area contributed by atoms with Crippen molar-refractivity contribution in [1.29, 1.82) is 0 Å². The van der Waals surface area contributed by atoms with Crippen LogP contribution < -0.4 is 5.32 Å². The number of ether oxygens (including phenoxy) is 2. The van der Waals surface area contributed by atoms with Gasteiger partial charge in [0.25, 0.3) is 0 Å². The van der Waals surface area contributed by atoms with E-state index in [1.807, 2.05) is 0 Å². The molecule has 15 heavy (non-hydrogen) atoms. The largest absolute Gasteiger partial charge is 0.377 e. The van der Waals surface area contributed by atoms with Gasteiger partial charge in [-0.25, -0.2) is 0 Å². The monoisotopic (exact) mass is 215 g/mol. The first-order chi connectivity index (χ1) is 7.27. The summed E-state index contributed by atoms with van der Waals surface area (Å²) in [6.45, 7) is 9.02. The Kier molecular flexibility index (Phi) is 6.22. The Morgan fingerprint density at radius 3 is 2.87 bits per heavy atom. The van der Waals surface area contributed by atoms with E-state index in [0.29, 0.717) is 12.1 Å². The molecule has 1 aliphatic rings. The Bertz CT molecular complexity index is 164. The fraction of sp³-hybridized carbons (Fsp3) is 1.00. The quantitative estimate of drug-likeness (QED) is 0.704. The Morgan fingerprint density at radius 1 is 1.40 bits per heavy atom. The van der Waals surface area contributed by atoms with E-state index in [1.54, 1.807) is 0 Å². The summed E-state index contributed by atoms with van der Waals surface area (Å²) in [4.78, 5) is 0. The van der Waals surface area contributed by atoms with Crippen LogP contribution in [0.4, 0.5) is 0 Å². The van der Waals surface area contributed by atoms with E-state index in [-0.39, 0.29) is 6.10 Å². The molecule has 3 atom stereocenters. The molecule has 0 saturated carbocycles. The Morgan fingerprint density at radius 2 is 2.20 bits per heavy atom.